The number of nitrogens with two attached hydrogens (primary N) is 1. The number of hydrogen-bond acceptors (Lipinski definition) is 4. The number of carbonyl (C=O) groups is 2. The van der Waals surface area contributed by atoms with Crippen molar-refractivity contribution in [3.8, 4) is 0 Å². The maximum Gasteiger partial charge on any atom is 0.329 e. The Morgan fingerprint density at radius 3 is 2.20 bits per heavy atom. The van der Waals surface area contributed by atoms with Crippen LogP contribution < -0.4 is 5.14 Å². The second-order valence-corrected chi connectivity index (χ2v) is 8.25. The van der Waals surface area contributed by atoms with Gasteiger partial charge in [0.05, 0.1) is 4.90 Å². The zero-order valence-electron chi connectivity index (χ0n) is 14.7. The molecule has 0 spiro atoms. The Hall–Kier alpha value is -1.93. The van der Waals surface area contributed by atoms with Gasteiger partial charge in [0.1, 0.15) is 5.54 Å². The first-order valence-electron chi connectivity index (χ1n) is 8.16. The van der Waals surface area contributed by atoms with Crippen LogP contribution in [0.5, 0.6) is 0 Å². The summed E-state index contributed by atoms with van der Waals surface area (Å²) >= 11 is 0. The predicted octanol–water partition coefficient (Wildman–Crippen LogP) is 1.81. The first-order chi connectivity index (χ1) is 11.5. The normalized spacial score (nSPS) is 17.1. The van der Waals surface area contributed by atoms with E-state index in [1.165, 1.54) is 18.0 Å². The van der Waals surface area contributed by atoms with Crippen LogP contribution in [0.4, 0.5) is 0 Å². The zero-order chi connectivity index (χ0) is 19.0. The number of sulfonamides is 1. The number of aliphatic carboxylic acids is 1. The van der Waals surface area contributed by atoms with Gasteiger partial charge in [-0.3, -0.25) is 4.79 Å². The fourth-order valence-corrected chi connectivity index (χ4v) is 4.34. The van der Waals surface area contributed by atoms with E-state index in [4.69, 9.17) is 5.14 Å². The van der Waals surface area contributed by atoms with Crippen LogP contribution in [0.3, 0.4) is 0 Å². The van der Waals surface area contributed by atoms with E-state index >= 15 is 0 Å². The molecule has 0 heterocycles. The van der Waals surface area contributed by atoms with Gasteiger partial charge in [-0.05, 0) is 49.9 Å². The Morgan fingerprint density at radius 1 is 1.16 bits per heavy atom. The van der Waals surface area contributed by atoms with Crippen molar-refractivity contribution in [3.63, 3.8) is 0 Å². The largest absolute Gasteiger partial charge is 0.479 e. The lowest BCUT2D eigenvalue weighted by Crippen LogP contribution is -2.56. The lowest BCUT2D eigenvalue weighted by Gasteiger charge is -2.41. The molecule has 0 aromatic heterocycles. The molecule has 25 heavy (non-hydrogen) atoms. The van der Waals surface area contributed by atoms with Gasteiger partial charge in [-0.15, -0.1) is 0 Å². The molecule has 0 radical (unpaired) electrons. The maximum absolute atomic E-state index is 12.9. The fraction of sp³-hybridized carbons (Fsp3) is 0.529. The van der Waals surface area contributed by atoms with Crippen molar-refractivity contribution in [1.82, 2.24) is 4.90 Å². The Bertz CT molecular complexity index is 811. The van der Waals surface area contributed by atoms with Gasteiger partial charge in [0.2, 0.25) is 10.0 Å². The number of primary sulfonamides is 1. The number of benzene rings is 1. The predicted molar refractivity (Wildman–Crippen MR) is 92.8 cm³/mol. The van der Waals surface area contributed by atoms with Crippen molar-refractivity contribution in [1.29, 1.82) is 0 Å². The third-order valence-electron chi connectivity index (χ3n) is 5.20. The number of amides is 1. The molecule has 0 aliphatic heterocycles. The molecule has 1 amide bonds. The summed E-state index contributed by atoms with van der Waals surface area (Å²) < 4.78 is 23.6. The summed E-state index contributed by atoms with van der Waals surface area (Å²) in [5.74, 6) is -1.55. The molecule has 1 aliphatic carbocycles. The highest BCUT2D eigenvalue weighted by Gasteiger charge is 2.45. The number of aryl methyl sites for hydroxylation is 1. The van der Waals surface area contributed by atoms with Crippen LogP contribution in [0, 0.1) is 13.8 Å². The Labute approximate surface area is 147 Å². The SMILES string of the molecule is Cc1cc(C(=O)N(C)C2(C(=O)O)CCCCC2)cc(S(N)(=O)=O)c1C. The number of carboxylic acids is 1. The summed E-state index contributed by atoms with van der Waals surface area (Å²) in [5.41, 5.74) is -0.0417. The molecule has 1 aromatic carbocycles. The van der Waals surface area contributed by atoms with E-state index in [-0.39, 0.29) is 10.5 Å². The van der Waals surface area contributed by atoms with Crippen molar-refractivity contribution < 1.29 is 23.1 Å². The molecule has 1 aromatic rings. The van der Waals surface area contributed by atoms with E-state index in [0.717, 1.165) is 19.3 Å². The van der Waals surface area contributed by atoms with Crippen molar-refractivity contribution in [2.75, 3.05) is 7.05 Å². The van der Waals surface area contributed by atoms with E-state index < -0.39 is 27.4 Å². The fourth-order valence-electron chi connectivity index (χ4n) is 3.46. The van der Waals surface area contributed by atoms with Crippen LogP contribution in [0.15, 0.2) is 17.0 Å². The highest BCUT2D eigenvalue weighted by atomic mass is 32.2. The summed E-state index contributed by atoms with van der Waals surface area (Å²) in [6, 6.07) is 2.80. The smallest absolute Gasteiger partial charge is 0.329 e. The van der Waals surface area contributed by atoms with E-state index in [0.29, 0.717) is 24.0 Å². The lowest BCUT2D eigenvalue weighted by molar-refractivity contribution is -0.151. The summed E-state index contributed by atoms with van der Waals surface area (Å²) in [6.07, 6.45) is 3.18. The number of nitrogens with zero attached hydrogens (tertiary/aromatic N) is 1. The summed E-state index contributed by atoms with van der Waals surface area (Å²) in [4.78, 5) is 25.9. The third kappa shape index (κ3) is 3.55. The molecule has 0 unspecified atom stereocenters. The standard InChI is InChI=1S/C17H24N2O5S/c1-11-9-13(10-14(12(11)2)25(18,23)24)15(20)19(3)17(16(21)22)7-5-4-6-8-17/h9-10H,4-8H2,1-3H3,(H,21,22)(H2,18,23,24). The Kier molecular flexibility index (Phi) is 5.24. The van der Waals surface area contributed by atoms with Crippen LogP contribution >= 0.6 is 0 Å². The molecule has 0 atom stereocenters. The van der Waals surface area contributed by atoms with Crippen molar-refractivity contribution in [2.45, 2.75) is 56.4 Å². The molecule has 3 N–H and O–H groups in total. The minimum Gasteiger partial charge on any atom is -0.479 e. The number of likely N-dealkylation sites (N-methyl/N-ethyl adjacent to an activating group) is 1. The molecule has 138 valence electrons. The average molecular weight is 368 g/mol. The number of carboxylic acid groups (broad SMARTS) is 1. The van der Waals surface area contributed by atoms with E-state index in [2.05, 4.69) is 0 Å². The topological polar surface area (TPSA) is 118 Å². The summed E-state index contributed by atoms with van der Waals surface area (Å²) in [6.45, 7) is 3.31. The molecule has 1 aliphatic rings. The van der Waals surface area contributed by atoms with E-state index in [1.54, 1.807) is 19.9 Å². The highest BCUT2D eigenvalue weighted by molar-refractivity contribution is 7.89. The van der Waals surface area contributed by atoms with Crippen LogP contribution in [0.25, 0.3) is 0 Å². The second kappa shape index (κ2) is 6.76. The first kappa shape index (κ1) is 19.4. The summed E-state index contributed by atoms with van der Waals surface area (Å²) in [7, 11) is -2.52. The van der Waals surface area contributed by atoms with Crippen molar-refractivity contribution >= 4 is 21.9 Å². The van der Waals surface area contributed by atoms with Crippen molar-refractivity contribution in [2.24, 2.45) is 5.14 Å². The molecule has 1 fully saturated rings. The molecule has 7 nitrogen and oxygen atoms in total. The van der Waals surface area contributed by atoms with E-state index in [1.807, 2.05) is 0 Å². The highest BCUT2D eigenvalue weighted by Crippen LogP contribution is 2.34. The van der Waals surface area contributed by atoms with Crippen LogP contribution in [0.1, 0.15) is 53.6 Å². The van der Waals surface area contributed by atoms with Gasteiger partial charge in [0.15, 0.2) is 0 Å². The zero-order valence-corrected chi connectivity index (χ0v) is 15.5. The van der Waals surface area contributed by atoms with Gasteiger partial charge in [0.25, 0.3) is 5.91 Å². The van der Waals surface area contributed by atoms with Gasteiger partial charge in [-0.1, -0.05) is 19.3 Å². The maximum atomic E-state index is 12.9. The molecular weight excluding hydrogens is 344 g/mol. The minimum atomic E-state index is -3.98. The Morgan fingerprint density at radius 2 is 1.72 bits per heavy atom. The molecule has 1 saturated carbocycles. The number of rotatable bonds is 4. The monoisotopic (exact) mass is 368 g/mol. The first-order valence-corrected chi connectivity index (χ1v) is 9.71. The van der Waals surface area contributed by atoms with Crippen LogP contribution in [0.2, 0.25) is 0 Å². The average Bonchev–Trinajstić information content (AvgIpc) is 2.55. The van der Waals surface area contributed by atoms with Crippen LogP contribution in [-0.2, 0) is 14.8 Å². The third-order valence-corrected chi connectivity index (χ3v) is 6.24. The Balaban J connectivity index is 2.49. The number of carbonyl (C=O) groups excluding carboxylic acids is 1. The van der Waals surface area contributed by atoms with Crippen molar-refractivity contribution in [3.05, 3.63) is 28.8 Å². The minimum absolute atomic E-state index is 0.114. The quantitative estimate of drug-likeness (QED) is 0.840. The lowest BCUT2D eigenvalue weighted by atomic mass is 9.80. The second-order valence-electron chi connectivity index (χ2n) is 6.72. The van der Waals surface area contributed by atoms with Crippen LogP contribution in [-0.4, -0.2) is 42.9 Å². The van der Waals surface area contributed by atoms with Gasteiger partial charge < -0.3 is 10.0 Å². The van der Waals surface area contributed by atoms with Gasteiger partial charge in [-0.25, -0.2) is 18.4 Å². The molecule has 0 bridgehead atoms. The van der Waals surface area contributed by atoms with E-state index in [9.17, 15) is 23.1 Å². The number of hydrogen-bond donors (Lipinski definition) is 2. The molecular formula is C17H24N2O5S. The molecule has 2 rings (SSSR count). The van der Waals surface area contributed by atoms with Gasteiger partial charge in [0, 0.05) is 12.6 Å². The molecule has 0 saturated heterocycles. The molecule has 8 heteroatoms. The van der Waals surface area contributed by atoms with Gasteiger partial charge >= 0.3 is 5.97 Å². The van der Waals surface area contributed by atoms with Gasteiger partial charge in [-0.2, -0.15) is 0 Å². The summed E-state index contributed by atoms with van der Waals surface area (Å²) in [5, 5.41) is 15.0.